The summed E-state index contributed by atoms with van der Waals surface area (Å²) < 4.78 is 0. The Hall–Kier alpha value is -1.31. The number of nitrogens with zero attached hydrogens (tertiary/aromatic N) is 1. The molecule has 0 aliphatic rings. The van der Waals surface area contributed by atoms with Crippen LogP contribution >= 0.6 is 0 Å². The first-order valence-corrected chi connectivity index (χ1v) is 5.28. The zero-order chi connectivity index (χ0) is 11.6. The van der Waals surface area contributed by atoms with Crippen molar-refractivity contribution in [2.24, 2.45) is 0 Å². The summed E-state index contributed by atoms with van der Waals surface area (Å²) in [6.45, 7) is 7.92. The Morgan fingerprint density at radius 2 is 1.93 bits per heavy atom. The average molecular weight is 205 g/mol. The molecule has 0 heterocycles. The van der Waals surface area contributed by atoms with Gasteiger partial charge in [0.1, 0.15) is 0 Å². The molecule has 2 heteroatoms. The normalized spacial score (nSPS) is 10.5. The second-order valence-corrected chi connectivity index (χ2v) is 4.28. The maximum Gasteiger partial charge on any atom is 0.223 e. The molecule has 0 unspecified atom stereocenters. The largest absolute Gasteiger partial charge is 0.315 e. The summed E-state index contributed by atoms with van der Waals surface area (Å²) in [6, 6.07) is 6.29. The molecule has 1 aromatic rings. The van der Waals surface area contributed by atoms with Gasteiger partial charge in [-0.25, -0.2) is 0 Å². The number of hydrogen-bond acceptors (Lipinski definition) is 1. The van der Waals surface area contributed by atoms with Crippen molar-refractivity contribution in [2.75, 3.05) is 11.9 Å². The standard InChI is InChI=1S/C13H19NO/c1-9(2)12-7-6-10(3)13(8-12)14(5)11(4)15/h6-9H,1-5H3. The van der Waals surface area contributed by atoms with E-state index < -0.39 is 0 Å². The van der Waals surface area contributed by atoms with Gasteiger partial charge in [-0.05, 0) is 30.0 Å². The van der Waals surface area contributed by atoms with Gasteiger partial charge in [-0.1, -0.05) is 26.0 Å². The number of benzene rings is 1. The van der Waals surface area contributed by atoms with Crippen molar-refractivity contribution in [1.29, 1.82) is 0 Å². The third-order valence-electron chi connectivity index (χ3n) is 2.73. The fourth-order valence-electron chi connectivity index (χ4n) is 1.52. The van der Waals surface area contributed by atoms with Crippen molar-refractivity contribution in [3.05, 3.63) is 29.3 Å². The molecule has 1 rings (SSSR count). The maximum atomic E-state index is 11.3. The van der Waals surface area contributed by atoms with Crippen molar-refractivity contribution >= 4 is 11.6 Å². The van der Waals surface area contributed by atoms with Crippen molar-refractivity contribution in [2.45, 2.75) is 33.6 Å². The molecule has 0 aromatic heterocycles. The van der Waals surface area contributed by atoms with Gasteiger partial charge in [-0.15, -0.1) is 0 Å². The Morgan fingerprint density at radius 1 is 1.33 bits per heavy atom. The van der Waals surface area contributed by atoms with Crippen LogP contribution < -0.4 is 4.90 Å². The fourth-order valence-corrected chi connectivity index (χ4v) is 1.52. The monoisotopic (exact) mass is 205 g/mol. The topological polar surface area (TPSA) is 20.3 Å². The van der Waals surface area contributed by atoms with Crippen LogP contribution in [0.3, 0.4) is 0 Å². The number of aryl methyl sites for hydroxylation is 1. The van der Waals surface area contributed by atoms with Crippen LogP contribution in [-0.4, -0.2) is 13.0 Å². The maximum absolute atomic E-state index is 11.3. The van der Waals surface area contributed by atoms with E-state index in [9.17, 15) is 4.79 Å². The van der Waals surface area contributed by atoms with Crippen LogP contribution in [0.4, 0.5) is 5.69 Å². The molecule has 82 valence electrons. The molecule has 0 atom stereocenters. The van der Waals surface area contributed by atoms with E-state index in [1.807, 2.05) is 14.0 Å². The predicted molar refractivity (Wildman–Crippen MR) is 64.4 cm³/mol. The second kappa shape index (κ2) is 4.47. The summed E-state index contributed by atoms with van der Waals surface area (Å²) in [6.07, 6.45) is 0. The minimum absolute atomic E-state index is 0.0685. The van der Waals surface area contributed by atoms with E-state index in [0.29, 0.717) is 5.92 Å². The lowest BCUT2D eigenvalue weighted by molar-refractivity contribution is -0.116. The van der Waals surface area contributed by atoms with Gasteiger partial charge in [-0.3, -0.25) is 4.79 Å². The van der Waals surface area contributed by atoms with Gasteiger partial charge in [0, 0.05) is 19.7 Å². The SMILES string of the molecule is CC(=O)N(C)c1cc(C(C)C)ccc1C. The van der Waals surface area contributed by atoms with E-state index in [1.165, 1.54) is 5.56 Å². The molecule has 1 amide bonds. The summed E-state index contributed by atoms with van der Waals surface area (Å²) in [7, 11) is 1.81. The Bertz CT molecular complexity index is 369. The number of carbonyl (C=O) groups is 1. The Balaban J connectivity index is 3.16. The van der Waals surface area contributed by atoms with E-state index in [4.69, 9.17) is 0 Å². The third-order valence-corrected chi connectivity index (χ3v) is 2.73. The highest BCUT2D eigenvalue weighted by Crippen LogP contribution is 2.24. The first-order valence-electron chi connectivity index (χ1n) is 5.28. The van der Waals surface area contributed by atoms with Gasteiger partial charge < -0.3 is 4.90 Å². The first kappa shape index (κ1) is 11.8. The van der Waals surface area contributed by atoms with Gasteiger partial charge in [-0.2, -0.15) is 0 Å². The van der Waals surface area contributed by atoms with E-state index in [2.05, 4.69) is 32.0 Å². The van der Waals surface area contributed by atoms with Gasteiger partial charge in [0.05, 0.1) is 0 Å². The molecular weight excluding hydrogens is 186 g/mol. The molecule has 1 aromatic carbocycles. The number of amides is 1. The highest BCUT2D eigenvalue weighted by molar-refractivity contribution is 5.91. The molecule has 0 saturated heterocycles. The Morgan fingerprint density at radius 3 is 2.40 bits per heavy atom. The van der Waals surface area contributed by atoms with E-state index in [1.54, 1.807) is 11.8 Å². The van der Waals surface area contributed by atoms with Crippen LogP contribution in [0.5, 0.6) is 0 Å². The van der Waals surface area contributed by atoms with Crippen LogP contribution in [0.25, 0.3) is 0 Å². The van der Waals surface area contributed by atoms with Crippen molar-refractivity contribution in [3.63, 3.8) is 0 Å². The van der Waals surface area contributed by atoms with Crippen molar-refractivity contribution in [3.8, 4) is 0 Å². The molecule has 2 nitrogen and oxygen atoms in total. The fraction of sp³-hybridized carbons (Fsp3) is 0.462. The molecule has 0 fully saturated rings. The molecule has 0 aliphatic carbocycles. The molecule has 0 aliphatic heterocycles. The molecule has 0 radical (unpaired) electrons. The summed E-state index contributed by atoms with van der Waals surface area (Å²) in [4.78, 5) is 13.0. The smallest absolute Gasteiger partial charge is 0.223 e. The molecule has 0 spiro atoms. The molecule has 15 heavy (non-hydrogen) atoms. The highest BCUT2D eigenvalue weighted by Gasteiger charge is 2.10. The van der Waals surface area contributed by atoms with Crippen LogP contribution in [0.2, 0.25) is 0 Å². The Kier molecular flexibility index (Phi) is 3.51. The highest BCUT2D eigenvalue weighted by atomic mass is 16.2. The lowest BCUT2D eigenvalue weighted by Gasteiger charge is -2.19. The zero-order valence-corrected chi connectivity index (χ0v) is 10.2. The average Bonchev–Trinajstić information content (AvgIpc) is 2.16. The minimum Gasteiger partial charge on any atom is -0.315 e. The Labute approximate surface area is 91.9 Å². The second-order valence-electron chi connectivity index (χ2n) is 4.28. The lowest BCUT2D eigenvalue weighted by Crippen LogP contribution is -2.23. The van der Waals surface area contributed by atoms with Gasteiger partial charge in [0.15, 0.2) is 0 Å². The molecule has 0 saturated carbocycles. The van der Waals surface area contributed by atoms with Gasteiger partial charge >= 0.3 is 0 Å². The van der Waals surface area contributed by atoms with Gasteiger partial charge in [0.25, 0.3) is 0 Å². The summed E-state index contributed by atoms with van der Waals surface area (Å²) in [5.74, 6) is 0.559. The number of anilines is 1. The van der Waals surface area contributed by atoms with E-state index >= 15 is 0 Å². The van der Waals surface area contributed by atoms with Crippen LogP contribution in [0.15, 0.2) is 18.2 Å². The summed E-state index contributed by atoms with van der Waals surface area (Å²) in [5, 5.41) is 0. The molecular formula is C13H19NO. The van der Waals surface area contributed by atoms with Crippen molar-refractivity contribution < 1.29 is 4.79 Å². The molecule has 0 bridgehead atoms. The quantitative estimate of drug-likeness (QED) is 0.726. The van der Waals surface area contributed by atoms with Crippen LogP contribution in [0, 0.1) is 6.92 Å². The summed E-state index contributed by atoms with van der Waals surface area (Å²) >= 11 is 0. The van der Waals surface area contributed by atoms with E-state index in [-0.39, 0.29) is 5.91 Å². The number of carbonyl (C=O) groups excluding carboxylic acids is 1. The lowest BCUT2D eigenvalue weighted by atomic mass is 10.0. The third kappa shape index (κ3) is 2.58. The van der Waals surface area contributed by atoms with Crippen LogP contribution in [0.1, 0.15) is 37.8 Å². The number of hydrogen-bond donors (Lipinski definition) is 0. The summed E-state index contributed by atoms with van der Waals surface area (Å²) in [5.41, 5.74) is 3.41. The molecule has 0 N–H and O–H groups in total. The van der Waals surface area contributed by atoms with E-state index in [0.717, 1.165) is 11.3 Å². The number of rotatable bonds is 2. The van der Waals surface area contributed by atoms with Gasteiger partial charge in [0.2, 0.25) is 5.91 Å². The first-order chi connectivity index (χ1) is 6.93. The minimum atomic E-state index is 0.0685. The zero-order valence-electron chi connectivity index (χ0n) is 10.2. The van der Waals surface area contributed by atoms with Crippen molar-refractivity contribution in [1.82, 2.24) is 0 Å². The predicted octanol–water partition coefficient (Wildman–Crippen LogP) is 3.10. The van der Waals surface area contributed by atoms with Crippen LogP contribution in [-0.2, 0) is 4.79 Å².